The summed E-state index contributed by atoms with van der Waals surface area (Å²) in [6, 6.07) is 11.7. The van der Waals surface area contributed by atoms with Gasteiger partial charge in [0.2, 0.25) is 0 Å². The third-order valence-electron chi connectivity index (χ3n) is 5.56. The van der Waals surface area contributed by atoms with Gasteiger partial charge in [-0.15, -0.1) is 0 Å². The van der Waals surface area contributed by atoms with Gasteiger partial charge in [0.1, 0.15) is 6.10 Å². The summed E-state index contributed by atoms with van der Waals surface area (Å²) in [6.45, 7) is 7.19. The Hall–Kier alpha value is -2.93. The molecule has 1 aromatic carbocycles. The highest BCUT2D eigenvalue weighted by Gasteiger charge is 2.34. The Balaban J connectivity index is 1.58. The predicted octanol–water partition coefficient (Wildman–Crippen LogP) is 3.62. The summed E-state index contributed by atoms with van der Waals surface area (Å²) in [7, 11) is 1.87. The third-order valence-corrected chi connectivity index (χ3v) is 5.56. The molecule has 0 saturated carbocycles. The summed E-state index contributed by atoms with van der Waals surface area (Å²) in [4.78, 5) is 15.0. The van der Waals surface area contributed by atoms with E-state index in [-0.39, 0.29) is 18.1 Å². The summed E-state index contributed by atoms with van der Waals surface area (Å²) < 4.78 is 13.5. The van der Waals surface area contributed by atoms with Crippen LogP contribution in [-0.4, -0.2) is 44.9 Å². The Morgan fingerprint density at radius 1 is 1.21 bits per heavy atom. The smallest absolute Gasteiger partial charge is 0.276 e. The van der Waals surface area contributed by atoms with Gasteiger partial charge in [-0.1, -0.05) is 49.3 Å². The number of nitrogens with zero attached hydrogens (tertiary/aromatic N) is 4. The monoisotopic (exact) mass is 394 g/mol. The van der Waals surface area contributed by atoms with Gasteiger partial charge in [-0.3, -0.25) is 9.48 Å². The van der Waals surface area contributed by atoms with Crippen LogP contribution in [0.25, 0.3) is 11.3 Å². The van der Waals surface area contributed by atoms with Crippen molar-refractivity contribution in [2.75, 3.05) is 13.1 Å². The van der Waals surface area contributed by atoms with Crippen LogP contribution in [0, 0.1) is 12.8 Å². The van der Waals surface area contributed by atoms with E-state index in [0.717, 1.165) is 16.8 Å². The first kappa shape index (κ1) is 19.4. The molecule has 0 aliphatic carbocycles. The van der Waals surface area contributed by atoms with Crippen molar-refractivity contribution in [1.29, 1.82) is 0 Å². The average Bonchev–Trinajstić information content (AvgIpc) is 3.35. The Morgan fingerprint density at radius 2 is 1.97 bits per heavy atom. The molecular weight excluding hydrogens is 368 g/mol. The van der Waals surface area contributed by atoms with E-state index < -0.39 is 0 Å². The first-order valence-corrected chi connectivity index (χ1v) is 9.89. The first-order chi connectivity index (χ1) is 13.9. The van der Waals surface area contributed by atoms with E-state index in [1.165, 1.54) is 0 Å². The van der Waals surface area contributed by atoms with Crippen molar-refractivity contribution in [3.05, 3.63) is 59.5 Å². The Morgan fingerprint density at radius 3 is 2.62 bits per heavy atom. The van der Waals surface area contributed by atoms with Crippen LogP contribution < -0.4 is 0 Å². The van der Waals surface area contributed by atoms with E-state index in [4.69, 9.17) is 9.26 Å². The number of amides is 1. The summed E-state index contributed by atoms with van der Waals surface area (Å²) in [5.74, 6) is 0.700. The van der Waals surface area contributed by atoms with Crippen molar-refractivity contribution in [3.8, 4) is 11.3 Å². The lowest BCUT2D eigenvalue weighted by atomic mass is 10.0. The second-order valence-corrected chi connectivity index (χ2v) is 7.87. The van der Waals surface area contributed by atoms with Gasteiger partial charge in [0.05, 0.1) is 24.4 Å². The fraction of sp³-hybridized carbons (Fsp3) is 0.409. The fourth-order valence-electron chi connectivity index (χ4n) is 3.58. The molecule has 152 valence electrons. The zero-order valence-corrected chi connectivity index (χ0v) is 17.2. The van der Waals surface area contributed by atoms with E-state index in [1.807, 2.05) is 49.2 Å². The second-order valence-electron chi connectivity index (χ2n) is 7.87. The largest absolute Gasteiger partial charge is 0.366 e. The molecular formula is C22H26N4O3. The van der Waals surface area contributed by atoms with Gasteiger partial charge in [0, 0.05) is 25.4 Å². The minimum Gasteiger partial charge on any atom is -0.366 e. The van der Waals surface area contributed by atoms with E-state index >= 15 is 0 Å². The van der Waals surface area contributed by atoms with Crippen LogP contribution in [-0.2, 0) is 11.8 Å². The van der Waals surface area contributed by atoms with Crippen molar-refractivity contribution in [2.45, 2.75) is 33.0 Å². The van der Waals surface area contributed by atoms with Crippen LogP contribution in [0.1, 0.15) is 41.7 Å². The number of carbonyl (C=O) groups excluding carboxylic acids is 1. The Bertz CT molecular complexity index is 993. The second kappa shape index (κ2) is 7.83. The van der Waals surface area contributed by atoms with E-state index in [1.54, 1.807) is 16.9 Å². The maximum Gasteiger partial charge on any atom is 0.276 e. The van der Waals surface area contributed by atoms with Crippen molar-refractivity contribution in [2.24, 2.45) is 13.0 Å². The summed E-state index contributed by atoms with van der Waals surface area (Å²) in [6.07, 6.45) is 1.53. The molecule has 0 radical (unpaired) electrons. The lowest BCUT2D eigenvalue weighted by Gasteiger charge is -2.39. The van der Waals surface area contributed by atoms with Crippen LogP contribution >= 0.6 is 0 Å². The molecule has 2 atom stereocenters. The normalized spacial score (nSPS) is 19.7. The number of rotatable bonds is 4. The molecule has 3 aromatic rings. The maximum absolute atomic E-state index is 13.2. The average molecular weight is 394 g/mol. The molecule has 0 spiro atoms. The quantitative estimate of drug-likeness (QED) is 0.676. The number of aromatic nitrogens is 3. The molecule has 1 aliphatic heterocycles. The minimum absolute atomic E-state index is 0.0372. The molecule has 1 saturated heterocycles. The molecule has 7 nitrogen and oxygen atoms in total. The van der Waals surface area contributed by atoms with Crippen LogP contribution in [0.4, 0.5) is 0 Å². The summed E-state index contributed by atoms with van der Waals surface area (Å²) in [5, 5.41) is 8.27. The highest BCUT2D eigenvalue weighted by molar-refractivity contribution is 5.93. The van der Waals surface area contributed by atoms with Crippen molar-refractivity contribution >= 4 is 5.91 Å². The van der Waals surface area contributed by atoms with Crippen LogP contribution in [0.3, 0.4) is 0 Å². The van der Waals surface area contributed by atoms with Gasteiger partial charge in [-0.2, -0.15) is 5.10 Å². The number of carbonyl (C=O) groups is 1. The van der Waals surface area contributed by atoms with E-state index in [2.05, 4.69) is 24.1 Å². The molecule has 7 heteroatoms. The molecule has 1 amide bonds. The highest BCUT2D eigenvalue weighted by Crippen LogP contribution is 2.30. The molecule has 0 N–H and O–H groups in total. The minimum atomic E-state index is -0.159. The molecule has 3 heterocycles. The molecule has 0 unspecified atom stereocenters. The zero-order valence-electron chi connectivity index (χ0n) is 17.2. The molecule has 1 aliphatic rings. The number of ether oxygens (including phenoxy) is 1. The lowest BCUT2D eigenvalue weighted by Crippen LogP contribution is -2.48. The van der Waals surface area contributed by atoms with Gasteiger partial charge >= 0.3 is 0 Å². The Labute approximate surface area is 170 Å². The van der Waals surface area contributed by atoms with Gasteiger partial charge in [-0.25, -0.2) is 0 Å². The predicted molar refractivity (Wildman–Crippen MR) is 108 cm³/mol. The highest BCUT2D eigenvalue weighted by atomic mass is 16.5. The van der Waals surface area contributed by atoms with Gasteiger partial charge in [0.15, 0.2) is 11.5 Å². The number of hydrogen-bond acceptors (Lipinski definition) is 5. The van der Waals surface area contributed by atoms with Gasteiger partial charge < -0.3 is 14.2 Å². The zero-order chi connectivity index (χ0) is 20.5. The lowest BCUT2D eigenvalue weighted by molar-refractivity contribution is -0.0956. The molecule has 2 aromatic heterocycles. The molecule has 29 heavy (non-hydrogen) atoms. The molecule has 1 fully saturated rings. The third kappa shape index (κ3) is 3.82. The molecule has 4 rings (SSSR count). The maximum atomic E-state index is 13.2. The fourth-order valence-corrected chi connectivity index (χ4v) is 3.58. The van der Waals surface area contributed by atoms with Crippen LogP contribution in [0.5, 0.6) is 0 Å². The van der Waals surface area contributed by atoms with E-state index in [9.17, 15) is 4.79 Å². The summed E-state index contributed by atoms with van der Waals surface area (Å²) >= 11 is 0. The van der Waals surface area contributed by atoms with Crippen LogP contribution in [0.2, 0.25) is 0 Å². The number of aryl methyl sites for hydroxylation is 1. The van der Waals surface area contributed by atoms with Crippen molar-refractivity contribution in [3.63, 3.8) is 0 Å². The van der Waals surface area contributed by atoms with Crippen molar-refractivity contribution < 1.29 is 14.1 Å². The van der Waals surface area contributed by atoms with Crippen LogP contribution in [0.15, 0.2) is 47.1 Å². The Kier molecular flexibility index (Phi) is 5.24. The number of benzene rings is 1. The standard InChI is InChI=1S/C22H26N4O3/c1-14(2)20-12-26(13-21(28-20)16-8-6-5-7-9-16)22(27)18-10-19(29-24-18)17-11-23-25(4)15(17)3/h5-11,14,20-21H,12-13H2,1-4H3/t20-,21+/m1/s1. The van der Waals surface area contributed by atoms with Gasteiger partial charge in [0.25, 0.3) is 5.91 Å². The topological polar surface area (TPSA) is 73.4 Å². The number of morpholine rings is 1. The van der Waals surface area contributed by atoms with Crippen molar-refractivity contribution in [1.82, 2.24) is 19.8 Å². The molecule has 0 bridgehead atoms. The van der Waals surface area contributed by atoms with E-state index in [0.29, 0.717) is 30.5 Å². The number of hydrogen-bond donors (Lipinski definition) is 0. The SMILES string of the molecule is Cc1c(-c2cc(C(=O)N3C[C@@H](c4ccccc4)O[C@@H](C(C)C)C3)no2)cnn1C. The first-order valence-electron chi connectivity index (χ1n) is 9.89. The van der Waals surface area contributed by atoms with Gasteiger partial charge in [-0.05, 0) is 18.4 Å². The summed E-state index contributed by atoms with van der Waals surface area (Å²) in [5.41, 5.74) is 3.17.